The molecule has 1 aromatic heterocycles. The Labute approximate surface area is 144 Å². The number of thiophene rings is 1. The highest BCUT2D eigenvalue weighted by molar-refractivity contribution is 7.12. The van der Waals surface area contributed by atoms with Crippen molar-refractivity contribution in [2.75, 3.05) is 6.61 Å². The highest BCUT2D eigenvalue weighted by Crippen LogP contribution is 2.36. The maximum atomic E-state index is 12.4. The Morgan fingerprint density at radius 2 is 2.38 bits per heavy atom. The predicted molar refractivity (Wildman–Crippen MR) is 93.6 cm³/mol. The number of rotatable bonds is 5. The molecule has 0 bridgehead atoms. The summed E-state index contributed by atoms with van der Waals surface area (Å²) in [5, 5.41) is 11.2. The van der Waals surface area contributed by atoms with Crippen LogP contribution in [0.25, 0.3) is 6.08 Å². The fraction of sp³-hybridized carbons (Fsp3) is 0.263. The third-order valence-electron chi connectivity index (χ3n) is 3.74. The minimum Gasteiger partial charge on any atom is -0.493 e. The lowest BCUT2D eigenvalue weighted by Gasteiger charge is -2.10. The summed E-state index contributed by atoms with van der Waals surface area (Å²) in [5.41, 5.74) is 1.86. The number of carbonyl (C=O) groups is 1. The molecule has 0 unspecified atom stereocenters. The smallest absolute Gasteiger partial charge is 0.213 e. The van der Waals surface area contributed by atoms with E-state index in [2.05, 4.69) is 0 Å². The number of hydrogen-bond donors (Lipinski definition) is 0. The van der Waals surface area contributed by atoms with E-state index >= 15 is 0 Å². The minimum absolute atomic E-state index is 0.0874. The molecule has 0 amide bonds. The van der Waals surface area contributed by atoms with Crippen LogP contribution in [0.15, 0.2) is 35.2 Å². The van der Waals surface area contributed by atoms with Crippen LogP contribution in [-0.4, -0.2) is 18.5 Å². The highest BCUT2D eigenvalue weighted by Gasteiger charge is 2.22. The number of ketones is 1. The summed E-state index contributed by atoms with van der Waals surface area (Å²) in [6.07, 6.45) is 2.54. The second kappa shape index (κ2) is 6.90. The van der Waals surface area contributed by atoms with Crippen LogP contribution in [0.3, 0.4) is 0 Å². The van der Waals surface area contributed by atoms with Gasteiger partial charge in [-0.15, -0.1) is 11.3 Å². The molecule has 1 aromatic carbocycles. The topological polar surface area (TPSA) is 59.3 Å². The molecule has 0 saturated heterocycles. The summed E-state index contributed by atoms with van der Waals surface area (Å²) in [6, 6.07) is 9.31. The molecule has 2 heterocycles. The Kier molecular flexibility index (Phi) is 4.68. The largest absolute Gasteiger partial charge is 0.493 e. The van der Waals surface area contributed by atoms with Gasteiger partial charge in [-0.25, -0.2) is 0 Å². The van der Waals surface area contributed by atoms with Crippen molar-refractivity contribution in [2.24, 2.45) is 0 Å². The van der Waals surface area contributed by atoms with Gasteiger partial charge in [-0.1, -0.05) is 6.07 Å². The Morgan fingerprint density at radius 1 is 1.54 bits per heavy atom. The molecule has 0 spiro atoms. The van der Waals surface area contributed by atoms with Crippen LogP contribution in [0, 0.1) is 11.3 Å². The van der Waals surface area contributed by atoms with Crippen molar-refractivity contribution in [1.29, 1.82) is 5.26 Å². The second-order valence-corrected chi connectivity index (χ2v) is 6.49. The zero-order chi connectivity index (χ0) is 17.1. The predicted octanol–water partition coefficient (Wildman–Crippen LogP) is 4.26. The number of allylic oxidation sites excluding steroid dienone is 1. The first-order chi connectivity index (χ1) is 11.6. The normalized spacial score (nSPS) is 16.2. The molecular formula is C19H17NO3S. The second-order valence-electron chi connectivity index (χ2n) is 5.54. The Balaban J connectivity index is 2.02. The van der Waals surface area contributed by atoms with Gasteiger partial charge in [0.15, 0.2) is 0 Å². The van der Waals surface area contributed by atoms with E-state index in [0.717, 1.165) is 17.7 Å². The molecule has 4 nitrogen and oxygen atoms in total. The molecule has 0 saturated carbocycles. The van der Waals surface area contributed by atoms with Gasteiger partial charge < -0.3 is 9.47 Å². The maximum absolute atomic E-state index is 12.4. The lowest BCUT2D eigenvalue weighted by Crippen LogP contribution is -2.05. The van der Waals surface area contributed by atoms with Crippen LogP contribution in [0.1, 0.15) is 34.6 Å². The monoisotopic (exact) mass is 339 g/mol. The van der Waals surface area contributed by atoms with E-state index < -0.39 is 0 Å². The first kappa shape index (κ1) is 16.3. The first-order valence-corrected chi connectivity index (χ1v) is 8.66. The number of ether oxygens (including phenoxy) is 2. The molecule has 3 rings (SSSR count). The fourth-order valence-electron chi connectivity index (χ4n) is 2.69. The lowest BCUT2D eigenvalue weighted by molar-refractivity contribution is 0.104. The van der Waals surface area contributed by atoms with Gasteiger partial charge in [0.05, 0.1) is 11.5 Å². The third-order valence-corrected chi connectivity index (χ3v) is 4.61. The summed E-state index contributed by atoms with van der Waals surface area (Å²) >= 11 is 1.32. The standard InChI is InChI=1S/C19H17NO3S/c1-3-22-16-9-13-7-12(2)23-17(13)10-14(16)8-15(11-20)19(21)18-5-4-6-24-18/h4-6,8-10,12H,3,7H2,1-2H3/b15-8+/t12-/m0/s1. The van der Waals surface area contributed by atoms with Crippen LogP contribution in [0.4, 0.5) is 0 Å². The number of Topliss-reactive ketones (excluding diaryl/α,β-unsaturated/α-hetero) is 1. The van der Waals surface area contributed by atoms with Crippen molar-refractivity contribution in [2.45, 2.75) is 26.4 Å². The maximum Gasteiger partial charge on any atom is 0.213 e. The summed E-state index contributed by atoms with van der Waals surface area (Å²) in [6.45, 7) is 4.43. The van der Waals surface area contributed by atoms with E-state index in [1.165, 1.54) is 11.3 Å². The van der Waals surface area contributed by atoms with E-state index in [0.29, 0.717) is 22.8 Å². The molecule has 1 atom stereocenters. The molecule has 2 aromatic rings. The van der Waals surface area contributed by atoms with Crippen LogP contribution in [0.2, 0.25) is 0 Å². The fourth-order valence-corrected chi connectivity index (χ4v) is 3.37. The van der Waals surface area contributed by atoms with Gasteiger partial charge in [-0.05, 0) is 43.5 Å². The molecule has 0 radical (unpaired) electrons. The SMILES string of the molecule is CCOc1cc2c(cc1/C=C(\C#N)C(=O)c1cccs1)O[C@@H](C)C2. The molecule has 5 heteroatoms. The Bertz CT molecular complexity index is 831. The van der Waals surface area contributed by atoms with Crippen molar-refractivity contribution in [3.8, 4) is 17.6 Å². The van der Waals surface area contributed by atoms with Crippen LogP contribution in [0.5, 0.6) is 11.5 Å². The molecule has 122 valence electrons. The van der Waals surface area contributed by atoms with Crippen molar-refractivity contribution in [3.63, 3.8) is 0 Å². The average molecular weight is 339 g/mol. The Morgan fingerprint density at radius 3 is 3.04 bits per heavy atom. The minimum atomic E-state index is -0.273. The molecule has 1 aliphatic heterocycles. The van der Waals surface area contributed by atoms with Gasteiger partial charge in [0.1, 0.15) is 29.2 Å². The highest BCUT2D eigenvalue weighted by atomic mass is 32.1. The zero-order valence-corrected chi connectivity index (χ0v) is 14.4. The number of fused-ring (bicyclic) bond motifs is 1. The van der Waals surface area contributed by atoms with E-state index in [9.17, 15) is 10.1 Å². The molecule has 0 N–H and O–H groups in total. The first-order valence-electron chi connectivity index (χ1n) is 7.78. The van der Waals surface area contributed by atoms with Gasteiger partial charge in [-0.2, -0.15) is 5.26 Å². The quantitative estimate of drug-likeness (QED) is 0.464. The van der Waals surface area contributed by atoms with Crippen molar-refractivity contribution < 1.29 is 14.3 Å². The summed E-state index contributed by atoms with van der Waals surface area (Å²) in [7, 11) is 0. The summed E-state index contributed by atoms with van der Waals surface area (Å²) < 4.78 is 11.5. The van der Waals surface area contributed by atoms with E-state index in [4.69, 9.17) is 9.47 Å². The van der Waals surface area contributed by atoms with Gasteiger partial charge in [0.2, 0.25) is 5.78 Å². The molecule has 1 aliphatic rings. The average Bonchev–Trinajstić information content (AvgIpc) is 3.20. The number of carbonyl (C=O) groups excluding carboxylic acids is 1. The molecule has 24 heavy (non-hydrogen) atoms. The number of benzene rings is 1. The summed E-state index contributed by atoms with van der Waals surface area (Å²) in [5.74, 6) is 1.18. The van der Waals surface area contributed by atoms with E-state index in [1.807, 2.05) is 37.4 Å². The molecule has 0 aliphatic carbocycles. The number of nitriles is 1. The third kappa shape index (κ3) is 3.19. The van der Waals surface area contributed by atoms with Crippen LogP contribution in [-0.2, 0) is 6.42 Å². The van der Waals surface area contributed by atoms with Gasteiger partial charge in [0.25, 0.3) is 0 Å². The Hall–Kier alpha value is -2.58. The van der Waals surface area contributed by atoms with Gasteiger partial charge in [-0.3, -0.25) is 4.79 Å². The van der Waals surface area contributed by atoms with E-state index in [1.54, 1.807) is 18.2 Å². The zero-order valence-electron chi connectivity index (χ0n) is 13.5. The van der Waals surface area contributed by atoms with Crippen molar-refractivity contribution in [1.82, 2.24) is 0 Å². The van der Waals surface area contributed by atoms with Crippen molar-refractivity contribution >= 4 is 23.2 Å². The lowest BCUT2D eigenvalue weighted by atomic mass is 10.0. The molecule has 0 fully saturated rings. The molecular weight excluding hydrogens is 322 g/mol. The van der Waals surface area contributed by atoms with E-state index in [-0.39, 0.29) is 17.5 Å². The number of hydrogen-bond acceptors (Lipinski definition) is 5. The van der Waals surface area contributed by atoms with Gasteiger partial charge >= 0.3 is 0 Å². The summed E-state index contributed by atoms with van der Waals surface area (Å²) in [4.78, 5) is 13.0. The van der Waals surface area contributed by atoms with Gasteiger partial charge in [0, 0.05) is 17.5 Å². The van der Waals surface area contributed by atoms with Crippen LogP contribution >= 0.6 is 11.3 Å². The van der Waals surface area contributed by atoms with Crippen molar-refractivity contribution in [3.05, 3.63) is 51.2 Å². The van der Waals surface area contributed by atoms with Crippen LogP contribution < -0.4 is 9.47 Å². The number of nitrogens with zero attached hydrogens (tertiary/aromatic N) is 1.